The lowest BCUT2D eigenvalue weighted by molar-refractivity contribution is 0.224. The molecule has 1 aliphatic rings. The van der Waals surface area contributed by atoms with Crippen LogP contribution in [0.15, 0.2) is 12.8 Å². The van der Waals surface area contributed by atoms with Crippen molar-refractivity contribution in [3.63, 3.8) is 0 Å². The number of nitrogens with zero attached hydrogens (tertiary/aromatic N) is 1. The van der Waals surface area contributed by atoms with Gasteiger partial charge in [0, 0.05) is 25.7 Å². The maximum Gasteiger partial charge on any atom is 0.0406 e. The van der Waals surface area contributed by atoms with Crippen molar-refractivity contribution in [2.24, 2.45) is 0 Å². The molecule has 1 unspecified atom stereocenters. The first-order valence-corrected chi connectivity index (χ1v) is 3.97. The highest BCUT2D eigenvalue weighted by Crippen LogP contribution is 2.05. The highest BCUT2D eigenvalue weighted by molar-refractivity contribution is 4.84. The fourth-order valence-electron chi connectivity index (χ4n) is 1.40. The van der Waals surface area contributed by atoms with Gasteiger partial charge in [-0.1, -0.05) is 13.5 Å². The predicted molar refractivity (Wildman–Crippen MR) is 43.9 cm³/mol. The minimum absolute atomic E-state index is 0.672. The van der Waals surface area contributed by atoms with E-state index in [2.05, 4.69) is 23.7 Å². The fraction of sp³-hybridized carbons (Fsp3) is 0.750. The molecule has 1 rings (SSSR count). The summed E-state index contributed by atoms with van der Waals surface area (Å²) in [4.78, 5) is 2.32. The molecule has 0 aromatic heterocycles. The molecular formula is C8H16N2. The molecule has 0 bridgehead atoms. The molecule has 10 heavy (non-hydrogen) atoms. The molecule has 0 aliphatic carbocycles. The highest BCUT2D eigenvalue weighted by atomic mass is 15.2. The number of rotatable bonds is 2. The van der Waals surface area contributed by atoms with Gasteiger partial charge in [0.15, 0.2) is 0 Å². The summed E-state index contributed by atoms with van der Waals surface area (Å²) < 4.78 is 0. The van der Waals surface area contributed by atoms with Gasteiger partial charge in [-0.25, -0.2) is 0 Å². The van der Waals surface area contributed by atoms with E-state index in [0.29, 0.717) is 6.04 Å². The Morgan fingerprint density at radius 1 is 1.80 bits per heavy atom. The van der Waals surface area contributed by atoms with Crippen molar-refractivity contribution in [3.05, 3.63) is 12.8 Å². The zero-order valence-corrected chi connectivity index (χ0v) is 6.64. The molecule has 0 saturated carbocycles. The number of hydrogen-bond donors (Lipinski definition) is 1. The van der Waals surface area contributed by atoms with E-state index in [9.17, 15) is 0 Å². The van der Waals surface area contributed by atoms with E-state index < -0.39 is 0 Å². The smallest absolute Gasteiger partial charge is 0.0406 e. The summed E-state index contributed by atoms with van der Waals surface area (Å²) in [5, 5.41) is 3.36. The van der Waals surface area contributed by atoms with E-state index >= 15 is 0 Å². The summed E-state index contributed by atoms with van der Waals surface area (Å²) in [6.07, 6.45) is 3.16. The molecule has 0 amide bonds. The van der Waals surface area contributed by atoms with Crippen LogP contribution in [0.2, 0.25) is 0 Å². The van der Waals surface area contributed by atoms with E-state index in [1.165, 1.54) is 6.42 Å². The van der Waals surface area contributed by atoms with E-state index in [0.717, 1.165) is 19.6 Å². The van der Waals surface area contributed by atoms with Gasteiger partial charge in [0.05, 0.1) is 0 Å². The molecule has 0 radical (unpaired) electrons. The Morgan fingerprint density at radius 3 is 3.10 bits per heavy atom. The van der Waals surface area contributed by atoms with E-state index in [1.54, 1.807) is 0 Å². The average Bonchev–Trinajstić information content (AvgIpc) is 2.04. The first-order valence-electron chi connectivity index (χ1n) is 3.97. The maximum absolute atomic E-state index is 3.78. The van der Waals surface area contributed by atoms with Crippen LogP contribution >= 0.6 is 0 Å². The molecule has 2 nitrogen and oxygen atoms in total. The fourth-order valence-corrected chi connectivity index (χ4v) is 1.40. The van der Waals surface area contributed by atoms with Gasteiger partial charge in [0.25, 0.3) is 0 Å². The molecule has 0 aromatic rings. The third kappa shape index (κ3) is 1.51. The molecule has 1 saturated heterocycles. The summed E-state index contributed by atoms with van der Waals surface area (Å²) in [5.74, 6) is 0. The minimum atomic E-state index is 0.672. The molecule has 1 aliphatic heterocycles. The molecule has 1 fully saturated rings. The quantitative estimate of drug-likeness (QED) is 0.610. The van der Waals surface area contributed by atoms with Gasteiger partial charge in [0.1, 0.15) is 0 Å². The lowest BCUT2D eigenvalue weighted by Gasteiger charge is -2.34. The van der Waals surface area contributed by atoms with Crippen molar-refractivity contribution in [3.8, 4) is 0 Å². The first kappa shape index (κ1) is 7.61. The lowest BCUT2D eigenvalue weighted by Crippen LogP contribution is -2.48. The van der Waals surface area contributed by atoms with E-state index in [4.69, 9.17) is 0 Å². The van der Waals surface area contributed by atoms with Gasteiger partial charge >= 0.3 is 0 Å². The number of nitrogens with one attached hydrogen (secondary N) is 1. The summed E-state index contributed by atoms with van der Waals surface area (Å²) in [5.41, 5.74) is 0. The SMILES string of the molecule is C=CN1CCNCC1CC. The minimum Gasteiger partial charge on any atom is -0.372 e. The van der Waals surface area contributed by atoms with Crippen molar-refractivity contribution >= 4 is 0 Å². The Hall–Kier alpha value is -0.500. The van der Waals surface area contributed by atoms with Crippen LogP contribution in [0.1, 0.15) is 13.3 Å². The highest BCUT2D eigenvalue weighted by Gasteiger charge is 2.15. The van der Waals surface area contributed by atoms with Gasteiger partial charge in [-0.2, -0.15) is 0 Å². The third-order valence-electron chi connectivity index (χ3n) is 2.10. The van der Waals surface area contributed by atoms with Crippen LogP contribution < -0.4 is 5.32 Å². The second-order valence-electron chi connectivity index (χ2n) is 2.69. The van der Waals surface area contributed by atoms with Gasteiger partial charge in [-0.3, -0.25) is 0 Å². The normalized spacial score (nSPS) is 26.5. The van der Waals surface area contributed by atoms with Crippen molar-refractivity contribution in [1.82, 2.24) is 10.2 Å². The molecular weight excluding hydrogens is 124 g/mol. The molecule has 1 atom stereocenters. The average molecular weight is 140 g/mol. The zero-order chi connectivity index (χ0) is 7.40. The summed E-state index contributed by atoms with van der Waals surface area (Å²) in [6.45, 7) is 9.32. The van der Waals surface area contributed by atoms with Crippen LogP contribution in [0, 0.1) is 0 Å². The van der Waals surface area contributed by atoms with Gasteiger partial charge < -0.3 is 10.2 Å². The Bertz CT molecular complexity index is 112. The second kappa shape index (κ2) is 3.62. The topological polar surface area (TPSA) is 15.3 Å². The molecule has 1 N–H and O–H groups in total. The first-order chi connectivity index (χ1) is 4.88. The Balaban J connectivity index is 2.41. The molecule has 1 heterocycles. The van der Waals surface area contributed by atoms with Crippen LogP contribution in [0.25, 0.3) is 0 Å². The monoisotopic (exact) mass is 140 g/mol. The van der Waals surface area contributed by atoms with Gasteiger partial charge in [-0.05, 0) is 12.6 Å². The Morgan fingerprint density at radius 2 is 2.60 bits per heavy atom. The number of hydrogen-bond acceptors (Lipinski definition) is 2. The van der Waals surface area contributed by atoms with Crippen molar-refractivity contribution in [2.75, 3.05) is 19.6 Å². The Kier molecular flexibility index (Phi) is 2.75. The van der Waals surface area contributed by atoms with Crippen molar-refractivity contribution in [2.45, 2.75) is 19.4 Å². The van der Waals surface area contributed by atoms with Crippen LogP contribution in [0.4, 0.5) is 0 Å². The summed E-state index contributed by atoms with van der Waals surface area (Å²) in [7, 11) is 0. The standard InChI is InChI=1S/C8H16N2/c1-3-8-7-9-5-6-10(8)4-2/h4,8-9H,2-3,5-7H2,1H3. The van der Waals surface area contributed by atoms with Gasteiger partial charge in [0.2, 0.25) is 0 Å². The second-order valence-corrected chi connectivity index (χ2v) is 2.69. The molecule has 0 spiro atoms. The summed E-state index contributed by atoms with van der Waals surface area (Å²) >= 11 is 0. The lowest BCUT2D eigenvalue weighted by atomic mass is 10.1. The summed E-state index contributed by atoms with van der Waals surface area (Å²) in [6, 6.07) is 0.672. The molecule has 58 valence electrons. The van der Waals surface area contributed by atoms with Crippen LogP contribution in [-0.2, 0) is 0 Å². The molecule has 0 aromatic carbocycles. The molecule has 2 heteroatoms. The predicted octanol–water partition coefficient (Wildman–Crippen LogP) is 0.814. The van der Waals surface area contributed by atoms with Crippen molar-refractivity contribution < 1.29 is 0 Å². The Labute approximate surface area is 62.9 Å². The number of piperazine rings is 1. The largest absolute Gasteiger partial charge is 0.372 e. The van der Waals surface area contributed by atoms with E-state index in [-0.39, 0.29) is 0 Å². The third-order valence-corrected chi connectivity index (χ3v) is 2.10. The zero-order valence-electron chi connectivity index (χ0n) is 6.64. The maximum atomic E-state index is 3.78. The van der Waals surface area contributed by atoms with Crippen LogP contribution in [-0.4, -0.2) is 30.6 Å². The van der Waals surface area contributed by atoms with E-state index in [1.807, 2.05) is 6.20 Å². The van der Waals surface area contributed by atoms with Crippen LogP contribution in [0.5, 0.6) is 0 Å². The van der Waals surface area contributed by atoms with Crippen molar-refractivity contribution in [1.29, 1.82) is 0 Å². The van der Waals surface area contributed by atoms with Crippen LogP contribution in [0.3, 0.4) is 0 Å². The van der Waals surface area contributed by atoms with Gasteiger partial charge in [-0.15, -0.1) is 0 Å².